The Morgan fingerprint density at radius 2 is 0.792 bits per heavy atom. The van der Waals surface area contributed by atoms with Gasteiger partial charge < -0.3 is 0 Å². The number of hydrogen-bond donors (Lipinski definition) is 0. The monoisotopic (exact) mass is 710 g/mol. The minimum absolute atomic E-state index is 0.0202. The maximum absolute atomic E-state index is 14.4. The molecule has 244 valence electrons. The molecule has 6 heterocycles. The highest BCUT2D eigenvalue weighted by Gasteiger charge is 2.52. The van der Waals surface area contributed by atoms with Crippen molar-refractivity contribution in [2.75, 3.05) is 0 Å². The Bertz CT molecular complexity index is 3550. The Kier molecular flexibility index (Phi) is 4.54. The second kappa shape index (κ2) is 8.81. The smallest absolute Gasteiger partial charge is 0.264 e. The third-order valence-corrected chi connectivity index (χ3v) is 14.2. The normalized spacial score (nSPS) is 14.3. The third-order valence-electron chi connectivity index (χ3n) is 12.7. The molecule has 6 aromatic carbocycles. The van der Waals surface area contributed by atoms with Crippen LogP contribution in [-0.4, -0.2) is 8.80 Å². The molecule has 12 aromatic rings. The molecule has 2 aliphatic carbocycles. The minimum Gasteiger partial charge on any atom is -0.275 e. The van der Waals surface area contributed by atoms with Gasteiger partial charge in [-0.15, -0.1) is 0 Å². The number of rotatable bonds is 0. The van der Waals surface area contributed by atoms with Crippen LogP contribution in [0.25, 0.3) is 98.2 Å². The van der Waals surface area contributed by atoms with Gasteiger partial charge in [0.2, 0.25) is 0 Å². The van der Waals surface area contributed by atoms with E-state index in [1.165, 1.54) is 33.4 Å². The van der Waals surface area contributed by atoms with Crippen molar-refractivity contribution in [3.8, 4) is 22.3 Å². The zero-order chi connectivity index (χ0) is 34.5. The fraction of sp³-hybridized carbons (Fsp3) is 0.0213. The standard InChI is InChI=1S/C47H22N2O2S2/c50-45-35-21-52-19-33(35)27-11-5-9-25-31-15-39-29(17-41(31)48(45)43(25)27)30-18-42-32(26-10-6-12-28-34-20-53-22-36(34)46(51)49(42)44(26)28)16-40(30)47(39)37-13-3-1-7-23(37)24-8-2-4-14-38(24)47/h1-22H. The van der Waals surface area contributed by atoms with Gasteiger partial charge in [-0.2, -0.15) is 22.7 Å². The van der Waals surface area contributed by atoms with E-state index in [4.69, 9.17) is 0 Å². The number of nitrogens with zero attached hydrogens (tertiary/aromatic N) is 2. The second-order valence-electron chi connectivity index (χ2n) is 14.8. The lowest BCUT2D eigenvalue weighted by molar-refractivity contribution is 0.796. The molecule has 0 aliphatic heterocycles. The van der Waals surface area contributed by atoms with Crippen LogP contribution in [0.1, 0.15) is 22.3 Å². The van der Waals surface area contributed by atoms with Gasteiger partial charge in [-0.25, -0.2) is 0 Å². The quantitative estimate of drug-likeness (QED) is 0.157. The fourth-order valence-corrected chi connectivity index (χ4v) is 12.3. The number of pyridine rings is 2. The molecule has 0 saturated heterocycles. The Labute approximate surface area is 307 Å². The van der Waals surface area contributed by atoms with E-state index < -0.39 is 5.41 Å². The van der Waals surface area contributed by atoms with Crippen LogP contribution in [0.2, 0.25) is 0 Å². The van der Waals surface area contributed by atoms with Crippen molar-refractivity contribution in [3.05, 3.63) is 174 Å². The molecule has 4 nitrogen and oxygen atoms in total. The van der Waals surface area contributed by atoms with Crippen LogP contribution in [0.4, 0.5) is 0 Å². The van der Waals surface area contributed by atoms with E-state index in [-0.39, 0.29) is 11.1 Å². The van der Waals surface area contributed by atoms with Gasteiger partial charge in [-0.3, -0.25) is 18.4 Å². The highest BCUT2D eigenvalue weighted by molar-refractivity contribution is 7.09. The van der Waals surface area contributed by atoms with Crippen LogP contribution < -0.4 is 11.1 Å². The van der Waals surface area contributed by atoms with Gasteiger partial charge in [0.05, 0.1) is 38.3 Å². The molecule has 0 saturated carbocycles. The predicted molar refractivity (Wildman–Crippen MR) is 220 cm³/mol. The number of benzene rings is 6. The van der Waals surface area contributed by atoms with Gasteiger partial charge in [0, 0.05) is 53.8 Å². The van der Waals surface area contributed by atoms with Crippen molar-refractivity contribution in [2.24, 2.45) is 0 Å². The molecule has 0 amide bonds. The van der Waals surface area contributed by atoms with Crippen molar-refractivity contribution in [1.82, 2.24) is 8.80 Å². The van der Waals surface area contributed by atoms with E-state index in [2.05, 4.69) is 120 Å². The third kappa shape index (κ3) is 2.82. The maximum atomic E-state index is 14.4. The van der Waals surface area contributed by atoms with Crippen LogP contribution in [0.5, 0.6) is 0 Å². The summed E-state index contributed by atoms with van der Waals surface area (Å²) in [5.41, 5.74) is 12.9. The van der Waals surface area contributed by atoms with Gasteiger partial charge in [0.15, 0.2) is 0 Å². The zero-order valence-corrected chi connectivity index (χ0v) is 29.4. The van der Waals surface area contributed by atoms with Crippen molar-refractivity contribution < 1.29 is 0 Å². The van der Waals surface area contributed by atoms with E-state index >= 15 is 0 Å². The fourth-order valence-electron chi connectivity index (χ4n) is 10.7. The molecule has 14 rings (SSSR count). The second-order valence-corrected chi connectivity index (χ2v) is 16.2. The average Bonchev–Trinajstić information content (AvgIpc) is 4.05. The summed E-state index contributed by atoms with van der Waals surface area (Å²) in [5.74, 6) is 0. The van der Waals surface area contributed by atoms with Gasteiger partial charge >= 0.3 is 0 Å². The SMILES string of the molecule is O=c1c2cscc2c2cccc3c4cc5c(cc4n1c23)-c1cc2c(cc1C51c3ccccc3-c3ccccc31)c1cccc3c4cscc4c(=O)n2c31. The molecule has 6 heteroatoms. The summed E-state index contributed by atoms with van der Waals surface area (Å²) in [6.45, 7) is 0. The topological polar surface area (TPSA) is 43.0 Å². The van der Waals surface area contributed by atoms with E-state index in [9.17, 15) is 9.59 Å². The van der Waals surface area contributed by atoms with Crippen LogP contribution >= 0.6 is 22.7 Å². The molecular weight excluding hydrogens is 689 g/mol. The molecule has 0 bridgehead atoms. The number of fused-ring (bicyclic) bond motifs is 20. The first-order valence-electron chi connectivity index (χ1n) is 17.8. The van der Waals surface area contributed by atoms with Crippen LogP contribution in [0.3, 0.4) is 0 Å². The average molecular weight is 711 g/mol. The van der Waals surface area contributed by atoms with Crippen LogP contribution in [0.15, 0.2) is 140 Å². The lowest BCUT2D eigenvalue weighted by Crippen LogP contribution is -2.25. The van der Waals surface area contributed by atoms with E-state index in [1.807, 2.05) is 19.6 Å². The molecule has 0 atom stereocenters. The number of hydrogen-bond acceptors (Lipinski definition) is 4. The minimum atomic E-state index is -0.594. The van der Waals surface area contributed by atoms with Gasteiger partial charge in [0.25, 0.3) is 11.1 Å². The summed E-state index contributed by atoms with van der Waals surface area (Å²) >= 11 is 3.16. The predicted octanol–water partition coefficient (Wildman–Crippen LogP) is 11.2. The number of aromatic nitrogens is 2. The lowest BCUT2D eigenvalue weighted by atomic mass is 9.70. The van der Waals surface area contributed by atoms with Crippen LogP contribution in [-0.2, 0) is 5.41 Å². The first-order valence-corrected chi connectivity index (χ1v) is 19.7. The maximum Gasteiger partial charge on any atom is 0.264 e. The van der Waals surface area contributed by atoms with E-state index in [0.29, 0.717) is 0 Å². The first kappa shape index (κ1) is 27.3. The summed E-state index contributed by atoms with van der Waals surface area (Å²) in [7, 11) is 0. The zero-order valence-electron chi connectivity index (χ0n) is 27.7. The highest BCUT2D eigenvalue weighted by atomic mass is 32.1. The lowest BCUT2D eigenvalue weighted by Gasteiger charge is -2.30. The van der Waals surface area contributed by atoms with Crippen molar-refractivity contribution >= 4 is 98.6 Å². The van der Waals surface area contributed by atoms with E-state index in [1.54, 1.807) is 22.7 Å². The molecule has 1 spiro atoms. The molecule has 0 unspecified atom stereocenters. The van der Waals surface area contributed by atoms with E-state index in [0.717, 1.165) is 87.1 Å². The Morgan fingerprint density at radius 3 is 1.26 bits per heavy atom. The molecule has 0 N–H and O–H groups in total. The molecule has 2 aliphatic rings. The summed E-state index contributed by atoms with van der Waals surface area (Å²) in [6, 6.07) is 39.9. The molecule has 6 aromatic heterocycles. The number of thiophene rings is 2. The summed E-state index contributed by atoms with van der Waals surface area (Å²) < 4.78 is 3.91. The Balaban J connectivity index is 1.24. The molecule has 0 radical (unpaired) electrons. The summed E-state index contributed by atoms with van der Waals surface area (Å²) in [4.78, 5) is 28.8. The van der Waals surface area contributed by atoms with Gasteiger partial charge in [-0.1, -0.05) is 84.9 Å². The van der Waals surface area contributed by atoms with Gasteiger partial charge in [-0.05, 0) is 79.5 Å². The molecule has 53 heavy (non-hydrogen) atoms. The largest absolute Gasteiger partial charge is 0.275 e. The summed E-state index contributed by atoms with van der Waals surface area (Å²) in [6.07, 6.45) is 0. The first-order chi connectivity index (χ1) is 26.1. The Morgan fingerprint density at radius 1 is 0.377 bits per heavy atom. The number of para-hydroxylation sites is 2. The van der Waals surface area contributed by atoms with Gasteiger partial charge in [0.1, 0.15) is 0 Å². The van der Waals surface area contributed by atoms with Crippen molar-refractivity contribution in [2.45, 2.75) is 5.41 Å². The van der Waals surface area contributed by atoms with Crippen molar-refractivity contribution in [3.63, 3.8) is 0 Å². The highest BCUT2D eigenvalue weighted by Crippen LogP contribution is 2.64. The molecular formula is C47H22N2O2S2. The molecule has 0 fully saturated rings. The van der Waals surface area contributed by atoms with Crippen molar-refractivity contribution in [1.29, 1.82) is 0 Å². The van der Waals surface area contributed by atoms with Crippen LogP contribution in [0, 0.1) is 0 Å². The summed E-state index contributed by atoms with van der Waals surface area (Å²) in [5, 5.41) is 18.3. The Hall–Kier alpha value is -6.34.